The fourth-order valence-corrected chi connectivity index (χ4v) is 0. The first kappa shape index (κ1) is 30.5. The summed E-state index contributed by atoms with van der Waals surface area (Å²) >= 11 is 0. The Morgan fingerprint density at radius 1 is 1.00 bits per heavy atom. The quantitative estimate of drug-likeness (QED) is 0.389. The predicted molar refractivity (Wildman–Crippen MR) is 5.75 cm³/mol. The third-order valence-corrected chi connectivity index (χ3v) is 0. The van der Waals surface area contributed by atoms with Gasteiger partial charge in [0.1, 0.15) is 0 Å². The van der Waals surface area contributed by atoms with Crippen LogP contribution in [0.15, 0.2) is 0 Å². The van der Waals surface area contributed by atoms with Gasteiger partial charge in [0.25, 0.3) is 0 Å². The monoisotopic (exact) mass is 512 g/mol. The first-order valence-corrected chi connectivity index (χ1v) is 0. The summed E-state index contributed by atoms with van der Waals surface area (Å²) in [7, 11) is 0. The standard InChI is InChI=1S/Bi.Cu.Fe.W. The zero-order chi connectivity index (χ0) is 0. The van der Waals surface area contributed by atoms with Crippen LogP contribution >= 0.6 is 0 Å². The van der Waals surface area contributed by atoms with Crippen LogP contribution in [0.2, 0.25) is 0 Å². The minimum Gasteiger partial charge on any atom is 0 e. The second-order valence-corrected chi connectivity index (χ2v) is 0. The summed E-state index contributed by atoms with van der Waals surface area (Å²) < 4.78 is 0. The van der Waals surface area contributed by atoms with Gasteiger partial charge >= 0.3 is 0 Å². The van der Waals surface area contributed by atoms with E-state index in [2.05, 4.69) is 0 Å². The molecule has 0 amide bonds. The van der Waals surface area contributed by atoms with Crippen LogP contribution in [-0.2, 0) is 55.2 Å². The fraction of sp³-hybridized carbons (Fsp3) is 0. The molecule has 4 heavy (non-hydrogen) atoms. The Morgan fingerprint density at radius 3 is 1.00 bits per heavy atom. The summed E-state index contributed by atoms with van der Waals surface area (Å²) in [6.07, 6.45) is 0. The summed E-state index contributed by atoms with van der Waals surface area (Å²) in [4.78, 5) is 0. The summed E-state index contributed by atoms with van der Waals surface area (Å²) in [5, 5.41) is 0. The van der Waals surface area contributed by atoms with Crippen molar-refractivity contribution in [3.63, 3.8) is 0 Å². The van der Waals surface area contributed by atoms with Gasteiger partial charge in [0.15, 0.2) is 0 Å². The van der Waals surface area contributed by atoms with Gasteiger partial charge in [0.05, 0.1) is 0 Å². The first-order chi connectivity index (χ1) is 0. The van der Waals surface area contributed by atoms with Gasteiger partial charge in [-0.15, -0.1) is 0 Å². The minimum absolute atomic E-state index is 0. The second-order valence-electron chi connectivity index (χ2n) is 0. The van der Waals surface area contributed by atoms with Gasteiger partial charge in [-0.05, 0) is 0 Å². The third-order valence-electron chi connectivity index (χ3n) is 0. The molecule has 0 fully saturated rings. The van der Waals surface area contributed by atoms with Crippen LogP contribution in [0.4, 0.5) is 0 Å². The van der Waals surface area contributed by atoms with E-state index in [0.29, 0.717) is 0 Å². The average molecular weight is 512 g/mol. The Kier molecular flexibility index (Phi) is 134. The van der Waals surface area contributed by atoms with Crippen molar-refractivity contribution in [3.8, 4) is 0 Å². The van der Waals surface area contributed by atoms with Crippen molar-refractivity contribution < 1.29 is 55.2 Å². The maximum absolute atomic E-state index is 0. The molecule has 0 aliphatic carbocycles. The van der Waals surface area contributed by atoms with Gasteiger partial charge in [-0.1, -0.05) is 0 Å². The predicted octanol–water partition coefficient (Wildman–Crippen LogP) is -0.388. The molecule has 0 aliphatic heterocycles. The Bertz CT molecular complexity index is 8.00. The molecule has 0 rings (SSSR count). The molecule has 0 N–H and O–H groups in total. The topological polar surface area (TPSA) is 0 Å². The third kappa shape index (κ3) is 8.82. The molecule has 0 spiro atoms. The average Bonchev–Trinajstić information content (AvgIpc) is 0. The van der Waals surface area contributed by atoms with Crippen LogP contribution in [-0.4, -0.2) is 26.2 Å². The molecule has 0 aromatic heterocycles. The maximum atomic E-state index is 0. The van der Waals surface area contributed by atoms with E-state index in [1.165, 1.54) is 0 Å². The molecular weight excluding hydrogens is 512 g/mol. The van der Waals surface area contributed by atoms with Gasteiger partial charge in [0, 0.05) is 81.4 Å². The van der Waals surface area contributed by atoms with Gasteiger partial charge in [0.2, 0.25) is 0 Å². The summed E-state index contributed by atoms with van der Waals surface area (Å²) in [6.45, 7) is 0. The van der Waals surface area contributed by atoms with E-state index >= 15 is 0 Å². The normalized spacial score (nSPS) is 0. The van der Waals surface area contributed by atoms with Gasteiger partial charge in [-0.3, -0.25) is 0 Å². The molecule has 0 aromatic rings. The number of rotatable bonds is 0. The van der Waals surface area contributed by atoms with Gasteiger partial charge in [-0.25, -0.2) is 0 Å². The summed E-state index contributed by atoms with van der Waals surface area (Å²) in [6, 6.07) is 0. The largest absolute Gasteiger partial charge is 0 e. The van der Waals surface area contributed by atoms with E-state index in [1.54, 1.807) is 0 Å². The van der Waals surface area contributed by atoms with Crippen LogP contribution in [0.1, 0.15) is 0 Å². The molecule has 0 heterocycles. The summed E-state index contributed by atoms with van der Waals surface area (Å²) in [5.41, 5.74) is 0. The first-order valence-electron chi connectivity index (χ1n) is 0. The molecule has 4 heteroatoms. The molecule has 0 atom stereocenters. The number of hydrogen-bond acceptors (Lipinski definition) is 0. The molecule has 0 aliphatic rings. The second kappa shape index (κ2) is 17.5. The van der Waals surface area contributed by atoms with Crippen LogP contribution in [0.5, 0.6) is 0 Å². The molecule has 0 aromatic carbocycles. The van der Waals surface area contributed by atoms with Crippen molar-refractivity contribution in [2.24, 2.45) is 0 Å². The van der Waals surface area contributed by atoms with E-state index < -0.39 is 0 Å². The molecule has 0 saturated heterocycles. The van der Waals surface area contributed by atoms with Gasteiger partial charge in [-0.2, -0.15) is 0 Å². The molecule has 0 unspecified atom stereocenters. The van der Waals surface area contributed by atoms with Crippen molar-refractivity contribution in [2.45, 2.75) is 0 Å². The molecule has 30 valence electrons. The zero-order valence-corrected chi connectivity index (χ0v) is 9.97. The molecule has 0 saturated carbocycles. The maximum Gasteiger partial charge on any atom is 0 e. The van der Waals surface area contributed by atoms with Crippen molar-refractivity contribution in [3.05, 3.63) is 0 Å². The Hall–Kier alpha value is 2.61. The van der Waals surface area contributed by atoms with Crippen molar-refractivity contribution in [1.82, 2.24) is 0 Å². The number of hydrogen-bond donors (Lipinski definition) is 0. The van der Waals surface area contributed by atoms with Crippen LogP contribution in [0, 0.1) is 0 Å². The van der Waals surface area contributed by atoms with Crippen molar-refractivity contribution >= 4 is 26.2 Å². The van der Waals surface area contributed by atoms with E-state index in [-0.39, 0.29) is 81.4 Å². The minimum atomic E-state index is 0. The zero-order valence-electron chi connectivity index (χ0n) is 1.51. The van der Waals surface area contributed by atoms with Crippen molar-refractivity contribution in [1.29, 1.82) is 0 Å². The Labute approximate surface area is 80.2 Å². The molecular formula is BiCuFeW. The van der Waals surface area contributed by atoms with Crippen LogP contribution in [0.3, 0.4) is 0 Å². The Morgan fingerprint density at radius 2 is 1.00 bits per heavy atom. The van der Waals surface area contributed by atoms with Crippen molar-refractivity contribution in [2.75, 3.05) is 0 Å². The Balaban J connectivity index is 0. The van der Waals surface area contributed by atoms with E-state index in [0.717, 1.165) is 0 Å². The SMILES string of the molecule is [Bi].[Cu].[Fe].[W]. The fourth-order valence-electron chi connectivity index (χ4n) is 0. The van der Waals surface area contributed by atoms with E-state index in [4.69, 9.17) is 0 Å². The van der Waals surface area contributed by atoms with Crippen LogP contribution < -0.4 is 0 Å². The molecule has 0 bridgehead atoms. The molecule has 0 nitrogen and oxygen atoms in total. The van der Waals surface area contributed by atoms with Gasteiger partial charge < -0.3 is 0 Å². The summed E-state index contributed by atoms with van der Waals surface area (Å²) in [5.74, 6) is 0. The van der Waals surface area contributed by atoms with E-state index in [1.807, 2.05) is 0 Å². The van der Waals surface area contributed by atoms with Crippen LogP contribution in [0.25, 0.3) is 0 Å². The smallest absolute Gasteiger partial charge is 0 e. The van der Waals surface area contributed by atoms with E-state index in [9.17, 15) is 0 Å². The molecule has 4 radical (unpaired) electrons.